The van der Waals surface area contributed by atoms with Crippen LogP contribution < -0.4 is 34.9 Å². The Hall–Kier alpha value is 0.430. The van der Waals surface area contributed by atoms with Crippen LogP contribution in [0.25, 0.3) is 0 Å². The van der Waals surface area contributed by atoms with E-state index in [0.29, 0.717) is 12.5 Å². The summed E-state index contributed by atoms with van der Waals surface area (Å²) in [6.45, 7) is 1.92. The molecule has 0 aromatic rings. The van der Waals surface area contributed by atoms with E-state index in [0.717, 1.165) is 12.8 Å². The van der Waals surface area contributed by atoms with Crippen molar-refractivity contribution in [1.82, 2.24) is 5.32 Å². The standard InChI is InChI=1S/C11H21NO2.Na.H/c1-2-10(11(13)14)12-9-7-5-3-4-6-8-9;;/h9-10,12H,2-8H2,1H3,(H,13,14);;/q;+1;-1. The maximum Gasteiger partial charge on any atom is 1.00 e. The van der Waals surface area contributed by atoms with Gasteiger partial charge >= 0.3 is 35.5 Å². The minimum Gasteiger partial charge on any atom is -1.00 e. The SMILES string of the molecule is CCC(NC1CCCCCC1)C(=O)O.[H-].[Na+]. The van der Waals surface area contributed by atoms with Crippen molar-refractivity contribution in [3.63, 3.8) is 0 Å². The Balaban J connectivity index is 0. The van der Waals surface area contributed by atoms with E-state index >= 15 is 0 Å². The maximum atomic E-state index is 10.8. The molecule has 0 bridgehead atoms. The third-order valence-corrected chi connectivity index (χ3v) is 3.00. The number of rotatable bonds is 4. The number of carbonyl (C=O) groups is 1. The van der Waals surface area contributed by atoms with Crippen LogP contribution in [0.15, 0.2) is 0 Å². The van der Waals surface area contributed by atoms with E-state index in [1.807, 2.05) is 6.92 Å². The van der Waals surface area contributed by atoms with Crippen molar-refractivity contribution in [1.29, 1.82) is 0 Å². The zero-order chi connectivity index (χ0) is 10.4. The zero-order valence-corrected chi connectivity index (χ0v) is 12.0. The fraction of sp³-hybridized carbons (Fsp3) is 0.909. The molecule has 84 valence electrons. The van der Waals surface area contributed by atoms with Crippen molar-refractivity contribution >= 4 is 5.97 Å². The molecule has 1 unspecified atom stereocenters. The molecule has 0 aromatic carbocycles. The molecule has 0 heterocycles. The summed E-state index contributed by atoms with van der Waals surface area (Å²) in [7, 11) is 0. The molecule has 1 rings (SSSR count). The van der Waals surface area contributed by atoms with Crippen LogP contribution in [0.1, 0.15) is 53.3 Å². The molecular weight excluding hydrogens is 201 g/mol. The molecule has 15 heavy (non-hydrogen) atoms. The number of carboxylic acids is 1. The predicted molar refractivity (Wildman–Crippen MR) is 57.5 cm³/mol. The van der Waals surface area contributed by atoms with Crippen molar-refractivity contribution in [2.45, 2.75) is 64.0 Å². The normalized spacial score (nSPS) is 20.1. The first kappa shape index (κ1) is 15.4. The number of nitrogens with one attached hydrogen (secondary N) is 1. The van der Waals surface area contributed by atoms with Crippen LogP contribution in [0.2, 0.25) is 0 Å². The molecule has 1 atom stereocenters. The van der Waals surface area contributed by atoms with E-state index in [-0.39, 0.29) is 37.0 Å². The Morgan fingerprint density at radius 2 is 1.93 bits per heavy atom. The van der Waals surface area contributed by atoms with Gasteiger partial charge in [0.05, 0.1) is 0 Å². The summed E-state index contributed by atoms with van der Waals surface area (Å²) in [6.07, 6.45) is 8.06. The quantitative estimate of drug-likeness (QED) is 0.488. The van der Waals surface area contributed by atoms with E-state index in [2.05, 4.69) is 5.32 Å². The first-order chi connectivity index (χ1) is 6.74. The summed E-state index contributed by atoms with van der Waals surface area (Å²) >= 11 is 0. The van der Waals surface area contributed by atoms with E-state index < -0.39 is 5.97 Å². The Kier molecular flexibility index (Phi) is 8.81. The number of hydrogen-bond donors (Lipinski definition) is 2. The molecule has 3 nitrogen and oxygen atoms in total. The average Bonchev–Trinajstić information content (AvgIpc) is 2.41. The van der Waals surface area contributed by atoms with E-state index in [9.17, 15) is 4.79 Å². The largest absolute Gasteiger partial charge is 1.00 e. The van der Waals surface area contributed by atoms with Gasteiger partial charge in [0.15, 0.2) is 0 Å². The van der Waals surface area contributed by atoms with Crippen molar-refractivity contribution in [3.05, 3.63) is 0 Å². The van der Waals surface area contributed by atoms with Gasteiger partial charge in [0.1, 0.15) is 6.04 Å². The summed E-state index contributed by atoms with van der Waals surface area (Å²) < 4.78 is 0. The summed E-state index contributed by atoms with van der Waals surface area (Å²) in [5, 5.41) is 12.2. The Labute approximate surface area is 116 Å². The molecule has 0 aromatic heterocycles. The van der Waals surface area contributed by atoms with Gasteiger partial charge in [-0.25, -0.2) is 0 Å². The summed E-state index contributed by atoms with van der Waals surface area (Å²) in [4.78, 5) is 10.8. The minimum atomic E-state index is -0.711. The molecular formula is C11H22NNaO2. The topological polar surface area (TPSA) is 49.3 Å². The van der Waals surface area contributed by atoms with Gasteiger partial charge < -0.3 is 11.8 Å². The number of hydrogen-bond acceptors (Lipinski definition) is 2. The molecule has 0 amide bonds. The smallest absolute Gasteiger partial charge is 1.00 e. The van der Waals surface area contributed by atoms with Gasteiger partial charge in [-0.2, -0.15) is 0 Å². The molecule has 2 N–H and O–H groups in total. The summed E-state index contributed by atoms with van der Waals surface area (Å²) in [6, 6.07) is 0.0802. The fourth-order valence-corrected chi connectivity index (χ4v) is 2.09. The molecule has 0 radical (unpaired) electrons. The van der Waals surface area contributed by atoms with Crippen LogP contribution in [-0.2, 0) is 4.79 Å². The van der Waals surface area contributed by atoms with Crippen LogP contribution >= 0.6 is 0 Å². The molecule has 1 fully saturated rings. The second kappa shape index (κ2) is 8.57. The molecule has 0 spiro atoms. The summed E-state index contributed by atoms with van der Waals surface area (Å²) in [5.74, 6) is -0.711. The van der Waals surface area contributed by atoms with Gasteiger partial charge in [0, 0.05) is 6.04 Å². The van der Waals surface area contributed by atoms with E-state index in [1.54, 1.807) is 0 Å². The molecule has 1 saturated carbocycles. The maximum absolute atomic E-state index is 10.8. The monoisotopic (exact) mass is 223 g/mol. The van der Waals surface area contributed by atoms with Crippen LogP contribution in [0.4, 0.5) is 0 Å². The molecule has 4 heteroatoms. The third-order valence-electron chi connectivity index (χ3n) is 3.00. The van der Waals surface area contributed by atoms with E-state index in [4.69, 9.17) is 5.11 Å². The molecule has 1 aliphatic rings. The van der Waals surface area contributed by atoms with Crippen LogP contribution in [-0.4, -0.2) is 23.2 Å². The van der Waals surface area contributed by atoms with Gasteiger partial charge in [-0.3, -0.25) is 4.79 Å². The van der Waals surface area contributed by atoms with Crippen molar-refractivity contribution in [2.75, 3.05) is 0 Å². The summed E-state index contributed by atoms with van der Waals surface area (Å²) in [5.41, 5.74) is 0. The van der Waals surface area contributed by atoms with Gasteiger partial charge in [-0.1, -0.05) is 32.6 Å². The van der Waals surface area contributed by atoms with Crippen LogP contribution in [0.5, 0.6) is 0 Å². The fourth-order valence-electron chi connectivity index (χ4n) is 2.09. The van der Waals surface area contributed by atoms with Crippen LogP contribution in [0, 0.1) is 0 Å². The minimum absolute atomic E-state index is 0. The van der Waals surface area contributed by atoms with Crippen molar-refractivity contribution in [3.8, 4) is 0 Å². The Bertz CT molecular complexity index is 185. The first-order valence-corrected chi connectivity index (χ1v) is 5.73. The van der Waals surface area contributed by atoms with Crippen LogP contribution in [0.3, 0.4) is 0 Å². The third kappa shape index (κ3) is 5.91. The van der Waals surface area contributed by atoms with Crippen molar-refractivity contribution < 1.29 is 40.9 Å². The second-order valence-corrected chi connectivity index (χ2v) is 4.15. The molecule has 0 saturated heterocycles. The van der Waals surface area contributed by atoms with Gasteiger partial charge in [0.2, 0.25) is 0 Å². The number of carboxylic acid groups (broad SMARTS) is 1. The predicted octanol–water partition coefficient (Wildman–Crippen LogP) is -0.721. The van der Waals surface area contributed by atoms with Gasteiger partial charge in [-0.15, -0.1) is 0 Å². The van der Waals surface area contributed by atoms with Gasteiger partial charge in [0.25, 0.3) is 0 Å². The Morgan fingerprint density at radius 3 is 2.33 bits per heavy atom. The van der Waals surface area contributed by atoms with E-state index in [1.165, 1.54) is 25.7 Å². The second-order valence-electron chi connectivity index (χ2n) is 4.15. The first-order valence-electron chi connectivity index (χ1n) is 5.73. The molecule has 1 aliphatic carbocycles. The van der Waals surface area contributed by atoms with Gasteiger partial charge in [-0.05, 0) is 19.3 Å². The molecule has 0 aliphatic heterocycles. The van der Waals surface area contributed by atoms with Crippen molar-refractivity contribution in [2.24, 2.45) is 0 Å². The Morgan fingerprint density at radius 1 is 1.40 bits per heavy atom. The zero-order valence-electron chi connectivity index (χ0n) is 11.0. The number of aliphatic carboxylic acids is 1. The average molecular weight is 223 g/mol.